The Morgan fingerprint density at radius 3 is 2.42 bits per heavy atom. The fourth-order valence-electron chi connectivity index (χ4n) is 3.36. The zero-order valence-corrected chi connectivity index (χ0v) is 18.1. The molecular formula is C22H25FN2O5S. The molecule has 31 heavy (non-hydrogen) atoms. The van der Waals surface area contributed by atoms with Gasteiger partial charge in [0.05, 0.1) is 11.3 Å². The van der Waals surface area contributed by atoms with E-state index >= 15 is 0 Å². The molecule has 0 aliphatic carbocycles. The van der Waals surface area contributed by atoms with E-state index in [1.54, 1.807) is 19.1 Å². The number of amides is 1. The number of nitrogens with one attached hydrogen (secondary N) is 1. The van der Waals surface area contributed by atoms with Gasteiger partial charge >= 0.3 is 5.97 Å². The van der Waals surface area contributed by atoms with Crippen LogP contribution in [-0.4, -0.2) is 44.3 Å². The summed E-state index contributed by atoms with van der Waals surface area (Å²) in [4.78, 5) is 24.2. The van der Waals surface area contributed by atoms with Crippen molar-refractivity contribution < 1.29 is 27.1 Å². The van der Waals surface area contributed by atoms with Crippen LogP contribution >= 0.6 is 0 Å². The second-order valence-corrected chi connectivity index (χ2v) is 9.36. The summed E-state index contributed by atoms with van der Waals surface area (Å²) in [5, 5.41) is 2.56. The summed E-state index contributed by atoms with van der Waals surface area (Å²) >= 11 is 0. The number of nitrogens with zero attached hydrogens (tertiary/aromatic N) is 1. The Hall–Kier alpha value is -2.78. The number of carbonyl (C=O) groups excluding carboxylic acids is 2. The second kappa shape index (κ2) is 10.0. The third kappa shape index (κ3) is 6.11. The molecular weight excluding hydrogens is 423 g/mol. The quantitative estimate of drug-likeness (QED) is 0.658. The Balaban J connectivity index is 1.59. The number of benzene rings is 2. The van der Waals surface area contributed by atoms with Crippen molar-refractivity contribution in [3.05, 3.63) is 59.4 Å². The van der Waals surface area contributed by atoms with Crippen LogP contribution in [0.4, 0.5) is 10.1 Å². The van der Waals surface area contributed by atoms with E-state index in [0.717, 1.165) is 19.3 Å². The summed E-state index contributed by atoms with van der Waals surface area (Å²) in [5.41, 5.74) is 1.47. The lowest BCUT2D eigenvalue weighted by Gasteiger charge is -2.26. The third-order valence-corrected chi connectivity index (χ3v) is 7.07. The molecule has 2 aromatic carbocycles. The monoisotopic (exact) mass is 448 g/mol. The molecule has 0 saturated carbocycles. The van der Waals surface area contributed by atoms with Crippen molar-refractivity contribution in [2.45, 2.75) is 37.5 Å². The maximum absolute atomic E-state index is 13.0. The molecule has 0 spiro atoms. The van der Waals surface area contributed by atoms with Gasteiger partial charge in [0.15, 0.2) is 6.61 Å². The van der Waals surface area contributed by atoms with E-state index in [-0.39, 0.29) is 11.3 Å². The molecule has 1 heterocycles. The van der Waals surface area contributed by atoms with E-state index in [0.29, 0.717) is 29.9 Å². The standard InChI is InChI=1S/C22H25FN2O5S/c1-16-5-10-19(14-20(16)31(28,29)25-11-3-2-4-12-25)24-21(26)15-30-22(27)13-17-6-8-18(23)9-7-17/h5-10,14H,2-4,11-13,15H2,1H3,(H,24,26). The molecule has 0 unspecified atom stereocenters. The lowest BCUT2D eigenvalue weighted by atomic mass is 10.1. The molecule has 3 rings (SSSR count). The van der Waals surface area contributed by atoms with Gasteiger partial charge < -0.3 is 10.1 Å². The number of aryl methyl sites for hydroxylation is 1. The number of sulfonamides is 1. The first-order chi connectivity index (χ1) is 14.8. The van der Waals surface area contributed by atoms with E-state index in [1.807, 2.05) is 0 Å². The zero-order valence-electron chi connectivity index (χ0n) is 17.3. The molecule has 0 bridgehead atoms. The van der Waals surface area contributed by atoms with E-state index in [9.17, 15) is 22.4 Å². The molecule has 166 valence electrons. The SMILES string of the molecule is Cc1ccc(NC(=O)COC(=O)Cc2ccc(F)cc2)cc1S(=O)(=O)N1CCCCC1. The predicted octanol–water partition coefficient (Wildman–Crippen LogP) is 3.03. The van der Waals surface area contributed by atoms with Crippen LogP contribution in [0.15, 0.2) is 47.4 Å². The van der Waals surface area contributed by atoms with Crippen molar-refractivity contribution in [1.82, 2.24) is 4.31 Å². The van der Waals surface area contributed by atoms with Crippen molar-refractivity contribution in [2.75, 3.05) is 25.0 Å². The van der Waals surface area contributed by atoms with Crippen molar-refractivity contribution >= 4 is 27.6 Å². The largest absolute Gasteiger partial charge is 0.455 e. The topological polar surface area (TPSA) is 92.8 Å². The third-order valence-electron chi connectivity index (χ3n) is 5.03. The molecule has 7 nitrogen and oxygen atoms in total. The number of anilines is 1. The van der Waals surface area contributed by atoms with Gasteiger partial charge in [0.2, 0.25) is 10.0 Å². The molecule has 1 amide bonds. The summed E-state index contributed by atoms with van der Waals surface area (Å²) in [5.74, 6) is -1.62. The summed E-state index contributed by atoms with van der Waals surface area (Å²) < 4.78 is 45.3. The Labute approximate surface area is 181 Å². The Morgan fingerprint density at radius 2 is 1.74 bits per heavy atom. The van der Waals surface area contributed by atoms with Gasteiger partial charge in [-0.1, -0.05) is 24.6 Å². The van der Waals surface area contributed by atoms with Gasteiger partial charge in [0.1, 0.15) is 5.82 Å². The van der Waals surface area contributed by atoms with Gasteiger partial charge in [-0.2, -0.15) is 4.31 Å². The van der Waals surface area contributed by atoms with Crippen molar-refractivity contribution in [3.8, 4) is 0 Å². The van der Waals surface area contributed by atoms with Crippen LogP contribution in [-0.2, 0) is 30.8 Å². The number of rotatable bonds is 7. The highest BCUT2D eigenvalue weighted by Crippen LogP contribution is 2.26. The lowest BCUT2D eigenvalue weighted by molar-refractivity contribution is -0.146. The maximum Gasteiger partial charge on any atom is 0.310 e. The van der Waals surface area contributed by atoms with Crippen LogP contribution < -0.4 is 5.32 Å². The average Bonchev–Trinajstić information content (AvgIpc) is 2.76. The lowest BCUT2D eigenvalue weighted by Crippen LogP contribution is -2.36. The molecule has 1 N–H and O–H groups in total. The molecule has 1 saturated heterocycles. The summed E-state index contributed by atoms with van der Waals surface area (Å²) in [6.45, 7) is 2.17. The minimum atomic E-state index is -3.64. The molecule has 1 aliphatic heterocycles. The van der Waals surface area contributed by atoms with Crippen molar-refractivity contribution in [1.29, 1.82) is 0 Å². The van der Waals surface area contributed by atoms with Gasteiger partial charge in [-0.3, -0.25) is 9.59 Å². The van der Waals surface area contributed by atoms with Crippen molar-refractivity contribution in [2.24, 2.45) is 0 Å². The molecule has 0 radical (unpaired) electrons. The van der Waals surface area contributed by atoms with Crippen LogP contribution in [0.5, 0.6) is 0 Å². The molecule has 1 fully saturated rings. The summed E-state index contributed by atoms with van der Waals surface area (Å²) in [6, 6.07) is 10.1. The first-order valence-corrected chi connectivity index (χ1v) is 11.5. The summed E-state index contributed by atoms with van der Waals surface area (Å²) in [6.07, 6.45) is 2.59. The summed E-state index contributed by atoms with van der Waals surface area (Å²) in [7, 11) is -3.64. The smallest absolute Gasteiger partial charge is 0.310 e. The van der Waals surface area contributed by atoms with E-state index < -0.39 is 34.3 Å². The molecule has 9 heteroatoms. The van der Waals surface area contributed by atoms with Crippen molar-refractivity contribution in [3.63, 3.8) is 0 Å². The zero-order chi connectivity index (χ0) is 22.4. The number of hydrogen-bond donors (Lipinski definition) is 1. The number of hydrogen-bond acceptors (Lipinski definition) is 5. The van der Waals surface area contributed by atoms with E-state index in [2.05, 4.69) is 5.32 Å². The predicted molar refractivity (Wildman–Crippen MR) is 113 cm³/mol. The Morgan fingerprint density at radius 1 is 1.06 bits per heavy atom. The second-order valence-electron chi connectivity index (χ2n) is 7.46. The minimum Gasteiger partial charge on any atom is -0.455 e. The van der Waals surface area contributed by atoms with Crippen LogP contribution in [0.3, 0.4) is 0 Å². The highest BCUT2D eigenvalue weighted by Gasteiger charge is 2.27. The average molecular weight is 449 g/mol. The van der Waals surface area contributed by atoms with Crippen LogP contribution in [0, 0.1) is 12.7 Å². The Kier molecular flexibility index (Phi) is 7.40. The van der Waals surface area contributed by atoms with Gasteiger partial charge in [0.25, 0.3) is 5.91 Å². The first kappa shape index (κ1) is 22.9. The fourth-order valence-corrected chi connectivity index (χ4v) is 5.13. The van der Waals surface area contributed by atoms with Gasteiger partial charge in [0, 0.05) is 18.8 Å². The minimum absolute atomic E-state index is 0.0870. The number of piperidine rings is 1. The van der Waals surface area contributed by atoms with E-state index in [4.69, 9.17) is 4.74 Å². The van der Waals surface area contributed by atoms with Gasteiger partial charge in [-0.25, -0.2) is 12.8 Å². The number of esters is 1. The van der Waals surface area contributed by atoms with Gasteiger partial charge in [-0.05, 0) is 55.2 Å². The molecule has 0 atom stereocenters. The number of halogens is 1. The number of ether oxygens (including phenoxy) is 1. The fraction of sp³-hybridized carbons (Fsp3) is 0.364. The van der Waals surface area contributed by atoms with Crippen LogP contribution in [0.25, 0.3) is 0 Å². The van der Waals surface area contributed by atoms with Crippen LogP contribution in [0.2, 0.25) is 0 Å². The Bertz CT molecular complexity index is 1050. The highest BCUT2D eigenvalue weighted by molar-refractivity contribution is 7.89. The van der Waals surface area contributed by atoms with Crippen LogP contribution in [0.1, 0.15) is 30.4 Å². The number of carbonyl (C=O) groups is 2. The van der Waals surface area contributed by atoms with E-state index in [1.165, 1.54) is 34.6 Å². The molecule has 0 aromatic heterocycles. The highest BCUT2D eigenvalue weighted by atomic mass is 32.2. The molecule has 2 aromatic rings. The normalized spacial score (nSPS) is 14.8. The maximum atomic E-state index is 13.0. The van der Waals surface area contributed by atoms with Gasteiger partial charge in [-0.15, -0.1) is 0 Å². The molecule has 1 aliphatic rings. The first-order valence-electron chi connectivity index (χ1n) is 10.1.